The number of amides is 1. The van der Waals surface area contributed by atoms with Gasteiger partial charge in [-0.1, -0.05) is 24.3 Å². The molecule has 0 saturated carbocycles. The fourth-order valence-corrected chi connectivity index (χ4v) is 3.16. The molecule has 0 heterocycles. The van der Waals surface area contributed by atoms with E-state index in [4.69, 9.17) is 5.26 Å². The third kappa shape index (κ3) is 3.41. The Balaban J connectivity index is 1.61. The van der Waals surface area contributed by atoms with Crippen molar-refractivity contribution < 1.29 is 4.79 Å². The third-order valence-electron chi connectivity index (χ3n) is 4.32. The maximum absolute atomic E-state index is 12.2. The van der Waals surface area contributed by atoms with Crippen LogP contribution in [-0.4, -0.2) is 24.4 Å². The number of carbonyl (C=O) groups excluding carboxylic acids is 1. The van der Waals surface area contributed by atoms with Gasteiger partial charge >= 0.3 is 0 Å². The molecule has 0 aliphatic heterocycles. The van der Waals surface area contributed by atoms with Crippen LogP contribution < -0.4 is 5.32 Å². The van der Waals surface area contributed by atoms with Gasteiger partial charge in [0.2, 0.25) is 5.91 Å². The second-order valence-electron chi connectivity index (χ2n) is 5.91. The number of likely N-dealkylation sites (N-methyl/N-ethyl adjacent to an activating group) is 1. The fraction of sp³-hybridized carbons (Fsp3) is 0.263. The summed E-state index contributed by atoms with van der Waals surface area (Å²) in [6.45, 7) is 0.346. The van der Waals surface area contributed by atoms with Crippen LogP contribution in [0.1, 0.15) is 29.2 Å². The van der Waals surface area contributed by atoms with E-state index in [0.717, 1.165) is 12.8 Å². The number of nitriles is 1. The van der Waals surface area contributed by atoms with E-state index in [-0.39, 0.29) is 5.91 Å². The van der Waals surface area contributed by atoms with Gasteiger partial charge in [-0.2, -0.15) is 5.26 Å². The second-order valence-corrected chi connectivity index (χ2v) is 5.91. The van der Waals surface area contributed by atoms with Crippen LogP contribution in [0.2, 0.25) is 0 Å². The molecule has 0 spiro atoms. The number of nitrogens with one attached hydrogen (secondary N) is 1. The molecule has 1 amide bonds. The largest absolute Gasteiger partial charge is 0.325 e. The zero-order valence-electron chi connectivity index (χ0n) is 13.1. The zero-order valence-corrected chi connectivity index (χ0v) is 13.1. The number of hydrogen-bond donors (Lipinski definition) is 1. The van der Waals surface area contributed by atoms with E-state index in [2.05, 4.69) is 40.6 Å². The summed E-state index contributed by atoms with van der Waals surface area (Å²) < 4.78 is 0. The van der Waals surface area contributed by atoms with Crippen LogP contribution in [0.15, 0.2) is 48.5 Å². The third-order valence-corrected chi connectivity index (χ3v) is 4.32. The summed E-state index contributed by atoms with van der Waals surface area (Å²) in [7, 11) is 1.99. The fourth-order valence-electron chi connectivity index (χ4n) is 3.16. The first-order chi connectivity index (χ1) is 11.2. The van der Waals surface area contributed by atoms with E-state index in [0.29, 0.717) is 23.8 Å². The van der Waals surface area contributed by atoms with Crippen LogP contribution in [0, 0.1) is 11.3 Å². The van der Waals surface area contributed by atoms with Crippen molar-refractivity contribution in [2.45, 2.75) is 18.9 Å². The molecule has 0 fully saturated rings. The predicted octanol–water partition coefficient (Wildman–Crippen LogP) is 3.12. The van der Waals surface area contributed by atoms with Crippen LogP contribution in [-0.2, 0) is 11.2 Å². The lowest BCUT2D eigenvalue weighted by Crippen LogP contribution is -2.32. The van der Waals surface area contributed by atoms with Gasteiger partial charge in [-0.25, -0.2) is 0 Å². The van der Waals surface area contributed by atoms with Crippen LogP contribution in [0.3, 0.4) is 0 Å². The van der Waals surface area contributed by atoms with Crippen molar-refractivity contribution in [1.29, 1.82) is 5.26 Å². The normalized spacial score (nSPS) is 16.0. The number of fused-ring (bicyclic) bond motifs is 1. The first-order valence-corrected chi connectivity index (χ1v) is 7.75. The SMILES string of the molecule is CN(CC(=O)Nc1ccc(C#N)cc1)C1CCc2ccccc21. The summed E-state index contributed by atoms with van der Waals surface area (Å²) in [4.78, 5) is 14.3. The topological polar surface area (TPSA) is 56.1 Å². The highest BCUT2D eigenvalue weighted by molar-refractivity contribution is 5.92. The minimum absolute atomic E-state index is 0.0402. The first-order valence-electron chi connectivity index (χ1n) is 7.75. The lowest BCUT2D eigenvalue weighted by Gasteiger charge is -2.24. The average Bonchev–Trinajstić information content (AvgIpc) is 2.99. The Morgan fingerprint density at radius 2 is 2.00 bits per heavy atom. The highest BCUT2D eigenvalue weighted by atomic mass is 16.2. The van der Waals surface area contributed by atoms with E-state index in [9.17, 15) is 4.79 Å². The molecular formula is C19H19N3O. The number of benzene rings is 2. The molecule has 0 radical (unpaired) electrons. The number of aryl methyl sites for hydroxylation is 1. The van der Waals surface area contributed by atoms with Crippen molar-refractivity contribution >= 4 is 11.6 Å². The molecule has 2 aromatic carbocycles. The van der Waals surface area contributed by atoms with Crippen molar-refractivity contribution in [3.8, 4) is 6.07 Å². The Hall–Kier alpha value is -2.64. The maximum Gasteiger partial charge on any atom is 0.238 e. The molecule has 23 heavy (non-hydrogen) atoms. The van der Waals surface area contributed by atoms with Gasteiger partial charge in [0.1, 0.15) is 0 Å². The van der Waals surface area contributed by atoms with Gasteiger partial charge < -0.3 is 5.32 Å². The minimum atomic E-state index is -0.0402. The molecule has 4 heteroatoms. The molecule has 1 unspecified atom stereocenters. The molecule has 1 N–H and O–H groups in total. The Kier molecular flexibility index (Phi) is 4.40. The molecule has 3 rings (SSSR count). The molecule has 0 aromatic heterocycles. The second kappa shape index (κ2) is 6.64. The van der Waals surface area contributed by atoms with Gasteiger partial charge in [-0.3, -0.25) is 9.69 Å². The molecular weight excluding hydrogens is 286 g/mol. The van der Waals surface area contributed by atoms with Crippen LogP contribution in [0.25, 0.3) is 0 Å². The number of hydrogen-bond acceptors (Lipinski definition) is 3. The van der Waals surface area contributed by atoms with Crippen molar-refractivity contribution in [3.63, 3.8) is 0 Å². The predicted molar refractivity (Wildman–Crippen MR) is 89.9 cm³/mol. The summed E-state index contributed by atoms with van der Waals surface area (Å²) >= 11 is 0. The van der Waals surface area contributed by atoms with Crippen LogP contribution in [0.5, 0.6) is 0 Å². The molecule has 1 aliphatic carbocycles. The Labute approximate surface area is 136 Å². The molecule has 1 aliphatic rings. The quantitative estimate of drug-likeness (QED) is 0.944. The molecule has 116 valence electrons. The highest BCUT2D eigenvalue weighted by Crippen LogP contribution is 2.34. The summed E-state index contributed by atoms with van der Waals surface area (Å²) in [6, 6.07) is 17.7. The summed E-state index contributed by atoms with van der Waals surface area (Å²) in [6.07, 6.45) is 2.13. The number of nitrogens with zero attached hydrogens (tertiary/aromatic N) is 2. The van der Waals surface area contributed by atoms with Crippen molar-refractivity contribution in [1.82, 2.24) is 4.90 Å². The standard InChI is InChI=1S/C19H19N3O/c1-22(18-11-8-15-4-2-3-5-17(15)18)13-19(23)21-16-9-6-14(12-20)7-10-16/h2-7,9-10,18H,8,11,13H2,1H3,(H,21,23). The van der Waals surface area contributed by atoms with E-state index < -0.39 is 0 Å². The molecule has 1 atom stereocenters. The molecule has 2 aromatic rings. The van der Waals surface area contributed by atoms with Crippen molar-refractivity contribution in [2.75, 3.05) is 18.9 Å². The number of carbonyl (C=O) groups is 1. The van der Waals surface area contributed by atoms with Gasteiger partial charge in [0, 0.05) is 11.7 Å². The van der Waals surface area contributed by atoms with Crippen molar-refractivity contribution in [3.05, 3.63) is 65.2 Å². The number of anilines is 1. The average molecular weight is 305 g/mol. The van der Waals surface area contributed by atoms with Crippen LogP contribution >= 0.6 is 0 Å². The maximum atomic E-state index is 12.2. The monoisotopic (exact) mass is 305 g/mol. The number of rotatable bonds is 4. The van der Waals surface area contributed by atoms with E-state index in [1.807, 2.05) is 7.05 Å². The van der Waals surface area contributed by atoms with Gasteiger partial charge in [0.15, 0.2) is 0 Å². The zero-order chi connectivity index (χ0) is 16.2. The van der Waals surface area contributed by atoms with Gasteiger partial charge in [0.05, 0.1) is 18.2 Å². The highest BCUT2D eigenvalue weighted by Gasteiger charge is 2.26. The summed E-state index contributed by atoms with van der Waals surface area (Å²) in [5, 5.41) is 11.7. The Morgan fingerprint density at radius 1 is 1.26 bits per heavy atom. The lowest BCUT2D eigenvalue weighted by atomic mass is 10.1. The first kappa shape index (κ1) is 15.3. The molecule has 4 nitrogen and oxygen atoms in total. The molecule has 0 bridgehead atoms. The van der Waals surface area contributed by atoms with Gasteiger partial charge in [0.25, 0.3) is 0 Å². The van der Waals surface area contributed by atoms with Gasteiger partial charge in [-0.05, 0) is 55.3 Å². The minimum Gasteiger partial charge on any atom is -0.325 e. The summed E-state index contributed by atoms with van der Waals surface area (Å²) in [5.41, 5.74) is 4.02. The molecule has 0 saturated heterocycles. The Morgan fingerprint density at radius 3 is 2.74 bits per heavy atom. The van der Waals surface area contributed by atoms with E-state index in [1.165, 1.54) is 11.1 Å². The van der Waals surface area contributed by atoms with Gasteiger partial charge in [-0.15, -0.1) is 0 Å². The Bertz CT molecular complexity index is 746. The lowest BCUT2D eigenvalue weighted by molar-refractivity contribution is -0.117. The van der Waals surface area contributed by atoms with Crippen molar-refractivity contribution in [2.24, 2.45) is 0 Å². The summed E-state index contributed by atoms with van der Waals surface area (Å²) in [5.74, 6) is -0.0402. The van der Waals surface area contributed by atoms with E-state index in [1.54, 1.807) is 24.3 Å². The van der Waals surface area contributed by atoms with E-state index >= 15 is 0 Å². The van der Waals surface area contributed by atoms with Crippen LogP contribution in [0.4, 0.5) is 5.69 Å². The smallest absolute Gasteiger partial charge is 0.238 e.